The lowest BCUT2D eigenvalue weighted by atomic mass is 10.2. The predicted molar refractivity (Wildman–Crippen MR) is 85.9 cm³/mol. The first-order valence-corrected chi connectivity index (χ1v) is 8.88. The van der Waals surface area contributed by atoms with Crippen LogP contribution in [0.2, 0.25) is 0 Å². The number of amides is 1. The van der Waals surface area contributed by atoms with Crippen LogP contribution in [-0.2, 0) is 16.1 Å². The largest absolute Gasteiger partial charge is 0.379 e. The first-order valence-electron chi connectivity index (χ1n) is 8.88. The van der Waals surface area contributed by atoms with E-state index >= 15 is 0 Å². The number of fused-ring (bicyclic) bond motifs is 1. The quantitative estimate of drug-likeness (QED) is 0.793. The first kappa shape index (κ1) is 15.1. The lowest BCUT2D eigenvalue weighted by Crippen LogP contribution is -2.44. The Labute approximate surface area is 137 Å². The van der Waals surface area contributed by atoms with Gasteiger partial charge in [0.15, 0.2) is 0 Å². The predicted octanol–water partition coefficient (Wildman–Crippen LogP) is 1.29. The molecule has 6 heteroatoms. The highest BCUT2D eigenvalue weighted by Crippen LogP contribution is 2.29. The zero-order valence-corrected chi connectivity index (χ0v) is 13.7. The van der Waals surface area contributed by atoms with Crippen LogP contribution < -0.4 is 0 Å². The Hall–Kier alpha value is -1.40. The van der Waals surface area contributed by atoms with Crippen LogP contribution in [0.4, 0.5) is 0 Å². The average Bonchev–Trinajstić information content (AvgIpc) is 3.04. The molecule has 1 aromatic heterocycles. The van der Waals surface area contributed by atoms with Crippen molar-refractivity contribution in [3.63, 3.8) is 0 Å². The molecule has 6 nitrogen and oxygen atoms in total. The maximum Gasteiger partial charge on any atom is 0.236 e. The van der Waals surface area contributed by atoms with Crippen molar-refractivity contribution in [2.45, 2.75) is 38.3 Å². The summed E-state index contributed by atoms with van der Waals surface area (Å²) >= 11 is 0. The molecule has 0 radical (unpaired) electrons. The maximum atomic E-state index is 12.4. The molecule has 126 valence electrons. The van der Waals surface area contributed by atoms with Crippen LogP contribution in [0.1, 0.15) is 37.4 Å². The van der Waals surface area contributed by atoms with Crippen molar-refractivity contribution in [2.75, 3.05) is 39.4 Å². The minimum absolute atomic E-state index is 0.270. The van der Waals surface area contributed by atoms with Gasteiger partial charge in [-0.3, -0.25) is 9.69 Å². The van der Waals surface area contributed by atoms with E-state index in [0.29, 0.717) is 13.2 Å². The van der Waals surface area contributed by atoms with E-state index in [-0.39, 0.29) is 11.9 Å². The molecule has 1 atom stereocenters. The van der Waals surface area contributed by atoms with Crippen molar-refractivity contribution in [3.8, 4) is 0 Å². The summed E-state index contributed by atoms with van der Waals surface area (Å²) < 4.78 is 8.13. The number of ether oxygens (including phenoxy) is 1. The SMILES string of the molecule is O=C(CN1Cc2cncn2C(COCC2CC2)C1)N1CCCC1. The average molecular weight is 318 g/mol. The van der Waals surface area contributed by atoms with E-state index < -0.39 is 0 Å². The molecule has 4 rings (SSSR count). The summed E-state index contributed by atoms with van der Waals surface area (Å²) in [6.45, 7) is 5.65. The highest BCUT2D eigenvalue weighted by Gasteiger charge is 2.29. The molecule has 2 aliphatic heterocycles. The van der Waals surface area contributed by atoms with Gasteiger partial charge in [-0.2, -0.15) is 0 Å². The highest BCUT2D eigenvalue weighted by atomic mass is 16.5. The molecule has 1 saturated heterocycles. The second-order valence-electron chi connectivity index (χ2n) is 7.18. The van der Waals surface area contributed by atoms with Crippen molar-refractivity contribution in [3.05, 3.63) is 18.2 Å². The van der Waals surface area contributed by atoms with Crippen molar-refractivity contribution in [1.29, 1.82) is 0 Å². The zero-order chi connectivity index (χ0) is 15.6. The summed E-state index contributed by atoms with van der Waals surface area (Å²) in [6, 6.07) is 0.270. The number of nitrogens with zero attached hydrogens (tertiary/aromatic N) is 4. The Morgan fingerprint density at radius 1 is 1.26 bits per heavy atom. The molecule has 0 N–H and O–H groups in total. The molecule has 1 amide bonds. The molecule has 0 aromatic carbocycles. The summed E-state index contributed by atoms with van der Waals surface area (Å²) in [5.74, 6) is 1.06. The molecule has 1 unspecified atom stereocenters. The monoisotopic (exact) mass is 318 g/mol. The number of likely N-dealkylation sites (tertiary alicyclic amines) is 1. The summed E-state index contributed by atoms with van der Waals surface area (Å²) in [4.78, 5) is 21.0. The third-order valence-electron chi connectivity index (χ3n) is 5.17. The number of rotatable bonds is 6. The molecule has 1 aliphatic carbocycles. The van der Waals surface area contributed by atoms with E-state index in [1.165, 1.54) is 18.5 Å². The number of hydrogen-bond acceptors (Lipinski definition) is 4. The molecule has 1 aromatic rings. The fourth-order valence-corrected chi connectivity index (χ4v) is 3.63. The third-order valence-corrected chi connectivity index (χ3v) is 5.17. The Morgan fingerprint density at radius 3 is 2.87 bits per heavy atom. The Bertz CT molecular complexity index is 549. The van der Waals surface area contributed by atoms with Gasteiger partial charge in [-0.1, -0.05) is 0 Å². The second-order valence-corrected chi connectivity index (χ2v) is 7.18. The number of imidazole rings is 1. The molecule has 0 bridgehead atoms. The van der Waals surface area contributed by atoms with E-state index in [2.05, 4.69) is 14.5 Å². The molecule has 3 heterocycles. The topological polar surface area (TPSA) is 50.6 Å². The second kappa shape index (κ2) is 6.61. The van der Waals surface area contributed by atoms with Gasteiger partial charge in [0.25, 0.3) is 0 Å². The zero-order valence-electron chi connectivity index (χ0n) is 13.7. The van der Waals surface area contributed by atoms with Crippen LogP contribution in [0.3, 0.4) is 0 Å². The van der Waals surface area contributed by atoms with Gasteiger partial charge in [-0.15, -0.1) is 0 Å². The van der Waals surface area contributed by atoms with Crippen LogP contribution in [0, 0.1) is 5.92 Å². The molecular formula is C17H26N4O2. The van der Waals surface area contributed by atoms with Crippen LogP contribution in [0.5, 0.6) is 0 Å². The molecular weight excluding hydrogens is 292 g/mol. The molecule has 1 saturated carbocycles. The molecule has 0 spiro atoms. The van der Waals surface area contributed by atoms with Gasteiger partial charge < -0.3 is 14.2 Å². The van der Waals surface area contributed by atoms with Crippen molar-refractivity contribution in [2.24, 2.45) is 5.92 Å². The highest BCUT2D eigenvalue weighted by molar-refractivity contribution is 5.78. The standard InChI is InChI=1S/C17H26N4O2/c22-17(20-5-1-2-6-20)10-19-8-15-7-18-13-21(15)16(9-19)12-23-11-14-3-4-14/h7,13-14,16H,1-6,8-12H2. The first-order chi connectivity index (χ1) is 11.3. The number of aromatic nitrogens is 2. The maximum absolute atomic E-state index is 12.4. The Kier molecular flexibility index (Phi) is 4.35. The smallest absolute Gasteiger partial charge is 0.236 e. The van der Waals surface area contributed by atoms with Crippen LogP contribution in [0.25, 0.3) is 0 Å². The Morgan fingerprint density at radius 2 is 2.09 bits per heavy atom. The molecule has 3 aliphatic rings. The molecule has 2 fully saturated rings. The van der Waals surface area contributed by atoms with Crippen LogP contribution in [-0.4, -0.2) is 64.7 Å². The van der Waals surface area contributed by atoms with Gasteiger partial charge in [-0.25, -0.2) is 4.98 Å². The normalized spacial score (nSPS) is 24.9. The van der Waals surface area contributed by atoms with E-state index in [9.17, 15) is 4.79 Å². The van der Waals surface area contributed by atoms with Gasteiger partial charge >= 0.3 is 0 Å². The van der Waals surface area contributed by atoms with Gasteiger partial charge in [0, 0.05) is 39.0 Å². The minimum Gasteiger partial charge on any atom is -0.379 e. The summed E-state index contributed by atoms with van der Waals surface area (Å²) in [6.07, 6.45) is 8.75. The minimum atomic E-state index is 0.270. The number of carbonyl (C=O) groups is 1. The summed E-state index contributed by atoms with van der Waals surface area (Å²) in [5.41, 5.74) is 1.19. The van der Waals surface area contributed by atoms with Crippen molar-refractivity contribution >= 4 is 5.91 Å². The van der Waals surface area contributed by atoms with Gasteiger partial charge in [0.1, 0.15) is 0 Å². The Balaban J connectivity index is 1.36. The fraction of sp³-hybridized carbons (Fsp3) is 0.765. The third kappa shape index (κ3) is 3.58. The van der Waals surface area contributed by atoms with E-state index in [1.807, 2.05) is 17.4 Å². The summed E-state index contributed by atoms with van der Waals surface area (Å²) in [7, 11) is 0. The van der Waals surface area contributed by atoms with Crippen LogP contribution in [0.15, 0.2) is 12.5 Å². The van der Waals surface area contributed by atoms with E-state index in [4.69, 9.17) is 4.74 Å². The summed E-state index contributed by atoms with van der Waals surface area (Å²) in [5, 5.41) is 0. The lowest BCUT2D eigenvalue weighted by molar-refractivity contribution is -0.131. The van der Waals surface area contributed by atoms with Crippen molar-refractivity contribution in [1.82, 2.24) is 19.4 Å². The molecule has 23 heavy (non-hydrogen) atoms. The van der Waals surface area contributed by atoms with E-state index in [1.54, 1.807) is 0 Å². The van der Waals surface area contributed by atoms with E-state index in [0.717, 1.165) is 51.5 Å². The number of carbonyl (C=O) groups excluding carboxylic acids is 1. The van der Waals surface area contributed by atoms with Gasteiger partial charge in [0.05, 0.1) is 31.2 Å². The van der Waals surface area contributed by atoms with Gasteiger partial charge in [0.2, 0.25) is 5.91 Å². The van der Waals surface area contributed by atoms with Crippen LogP contribution >= 0.6 is 0 Å². The number of hydrogen-bond donors (Lipinski definition) is 0. The fourth-order valence-electron chi connectivity index (χ4n) is 3.63. The lowest BCUT2D eigenvalue weighted by Gasteiger charge is -2.34. The van der Waals surface area contributed by atoms with Crippen molar-refractivity contribution < 1.29 is 9.53 Å². The van der Waals surface area contributed by atoms with Gasteiger partial charge in [-0.05, 0) is 31.6 Å².